The number of halogens is 2. The van der Waals surface area contributed by atoms with Crippen LogP contribution in [0.15, 0.2) is 29.6 Å². The highest BCUT2D eigenvalue weighted by molar-refractivity contribution is 7.14. The molecule has 1 unspecified atom stereocenters. The maximum Gasteiger partial charge on any atom is 0.344 e. The van der Waals surface area contributed by atoms with Gasteiger partial charge in [0.25, 0.3) is 11.8 Å². The lowest BCUT2D eigenvalue weighted by molar-refractivity contribution is -0.123. The number of benzene rings is 1. The molecule has 2 aromatic rings. The zero-order chi connectivity index (χ0) is 17.9. The van der Waals surface area contributed by atoms with E-state index in [9.17, 15) is 23.2 Å². The Hall–Kier alpha value is -2.81. The quantitative estimate of drug-likeness (QED) is 0.805. The highest BCUT2D eigenvalue weighted by Crippen LogP contribution is 2.23. The van der Waals surface area contributed by atoms with Gasteiger partial charge in [0.15, 0.2) is 6.10 Å². The summed E-state index contributed by atoms with van der Waals surface area (Å²) in [5.74, 6) is -5.01. The van der Waals surface area contributed by atoms with Crippen LogP contribution in [0.5, 0.6) is 0 Å². The molecule has 2 amide bonds. The van der Waals surface area contributed by atoms with Crippen molar-refractivity contribution >= 4 is 34.1 Å². The van der Waals surface area contributed by atoms with E-state index in [1.54, 1.807) is 5.38 Å². The minimum absolute atomic E-state index is 0.104. The third kappa shape index (κ3) is 3.74. The van der Waals surface area contributed by atoms with Crippen LogP contribution in [0.3, 0.4) is 0 Å². The molecule has 0 radical (unpaired) electrons. The Kier molecular flexibility index (Phi) is 5.24. The zero-order valence-corrected chi connectivity index (χ0v) is 13.2. The fraction of sp³-hybridized carbons (Fsp3) is 0.133. The van der Waals surface area contributed by atoms with Crippen LogP contribution in [0.1, 0.15) is 27.6 Å². The van der Waals surface area contributed by atoms with Crippen LogP contribution in [0, 0.1) is 11.6 Å². The monoisotopic (exact) mass is 354 g/mol. The molecule has 0 aliphatic rings. The van der Waals surface area contributed by atoms with Crippen molar-refractivity contribution in [2.45, 2.75) is 13.0 Å². The minimum Gasteiger partial charge on any atom is -0.449 e. The highest BCUT2D eigenvalue weighted by atomic mass is 32.1. The van der Waals surface area contributed by atoms with Crippen LogP contribution in [-0.4, -0.2) is 23.9 Å². The number of thiophene rings is 1. The molecule has 3 N–H and O–H groups in total. The van der Waals surface area contributed by atoms with Gasteiger partial charge in [-0.1, -0.05) is 6.07 Å². The van der Waals surface area contributed by atoms with E-state index in [1.165, 1.54) is 13.0 Å². The standard InChI is InChI=1S/C15H12F2N2O4S/c1-7(13(21)19-14-8(12(18)20)5-6-24-14)23-15(22)11-9(16)3-2-4-10(11)17/h2-7H,1H3,(H2,18,20)(H,19,21). The number of amides is 2. The van der Waals surface area contributed by atoms with Crippen molar-refractivity contribution in [1.82, 2.24) is 0 Å². The van der Waals surface area contributed by atoms with Crippen LogP contribution < -0.4 is 11.1 Å². The SMILES string of the molecule is CC(OC(=O)c1c(F)cccc1F)C(=O)Nc1sccc1C(N)=O. The van der Waals surface area contributed by atoms with E-state index in [-0.39, 0.29) is 10.6 Å². The fourth-order valence-electron chi connectivity index (χ4n) is 1.78. The zero-order valence-electron chi connectivity index (χ0n) is 12.3. The van der Waals surface area contributed by atoms with Crippen LogP contribution in [-0.2, 0) is 9.53 Å². The number of nitrogens with two attached hydrogens (primary N) is 1. The first-order chi connectivity index (χ1) is 11.3. The second-order valence-corrected chi connectivity index (χ2v) is 5.58. The van der Waals surface area contributed by atoms with Crippen molar-refractivity contribution in [3.63, 3.8) is 0 Å². The largest absolute Gasteiger partial charge is 0.449 e. The first kappa shape index (κ1) is 17.5. The molecule has 0 aliphatic carbocycles. The number of anilines is 1. The molecule has 24 heavy (non-hydrogen) atoms. The van der Waals surface area contributed by atoms with Gasteiger partial charge in [-0.2, -0.15) is 0 Å². The van der Waals surface area contributed by atoms with Gasteiger partial charge in [0.05, 0.1) is 5.56 Å². The molecule has 1 aromatic heterocycles. The number of primary amides is 1. The van der Waals surface area contributed by atoms with E-state index >= 15 is 0 Å². The molecule has 1 atom stereocenters. The Bertz CT molecular complexity index is 786. The molecule has 0 fully saturated rings. The van der Waals surface area contributed by atoms with E-state index in [2.05, 4.69) is 5.32 Å². The average Bonchev–Trinajstić information content (AvgIpc) is 2.95. The molecular formula is C15H12F2N2O4S. The average molecular weight is 354 g/mol. The van der Waals surface area contributed by atoms with Crippen molar-refractivity contribution in [2.75, 3.05) is 5.32 Å². The van der Waals surface area contributed by atoms with E-state index in [0.29, 0.717) is 0 Å². The number of esters is 1. The number of hydrogen-bond donors (Lipinski definition) is 2. The molecule has 9 heteroatoms. The van der Waals surface area contributed by atoms with Crippen molar-refractivity contribution in [3.8, 4) is 0 Å². The number of rotatable bonds is 5. The molecule has 6 nitrogen and oxygen atoms in total. The van der Waals surface area contributed by atoms with Gasteiger partial charge in [-0.15, -0.1) is 11.3 Å². The van der Waals surface area contributed by atoms with Crippen LogP contribution in [0.2, 0.25) is 0 Å². The van der Waals surface area contributed by atoms with Gasteiger partial charge in [-0.3, -0.25) is 9.59 Å². The number of carbonyl (C=O) groups is 3. The number of ether oxygens (including phenoxy) is 1. The van der Waals surface area contributed by atoms with Gasteiger partial charge in [0, 0.05) is 0 Å². The Morgan fingerprint density at radius 3 is 2.42 bits per heavy atom. The lowest BCUT2D eigenvalue weighted by Gasteiger charge is -2.14. The second-order valence-electron chi connectivity index (χ2n) is 4.66. The summed E-state index contributed by atoms with van der Waals surface area (Å²) in [7, 11) is 0. The predicted molar refractivity (Wildman–Crippen MR) is 82.7 cm³/mol. The summed E-state index contributed by atoms with van der Waals surface area (Å²) in [6.07, 6.45) is -1.35. The van der Waals surface area contributed by atoms with Crippen LogP contribution in [0.4, 0.5) is 13.8 Å². The molecule has 126 valence electrons. The lowest BCUT2D eigenvalue weighted by Crippen LogP contribution is -2.31. The summed E-state index contributed by atoms with van der Waals surface area (Å²) in [4.78, 5) is 35.0. The normalized spacial score (nSPS) is 11.6. The van der Waals surface area contributed by atoms with Crippen molar-refractivity contribution < 1.29 is 27.9 Å². The Morgan fingerprint density at radius 2 is 1.83 bits per heavy atom. The molecule has 2 rings (SSSR count). The molecular weight excluding hydrogens is 342 g/mol. The second kappa shape index (κ2) is 7.18. The summed E-state index contributed by atoms with van der Waals surface area (Å²) in [6.45, 7) is 1.23. The first-order valence-electron chi connectivity index (χ1n) is 6.64. The Morgan fingerprint density at radius 1 is 1.21 bits per heavy atom. The topological polar surface area (TPSA) is 98.5 Å². The molecule has 0 spiro atoms. The summed E-state index contributed by atoms with van der Waals surface area (Å²) in [5.41, 5.74) is 4.37. The molecule has 0 saturated heterocycles. The van der Waals surface area contributed by atoms with Gasteiger partial charge < -0.3 is 15.8 Å². The van der Waals surface area contributed by atoms with Crippen molar-refractivity contribution in [3.05, 3.63) is 52.4 Å². The van der Waals surface area contributed by atoms with Gasteiger partial charge in [0.2, 0.25) is 0 Å². The van der Waals surface area contributed by atoms with E-state index < -0.39 is 41.1 Å². The minimum atomic E-state index is -1.35. The first-order valence-corrected chi connectivity index (χ1v) is 7.52. The Labute approximate surface area is 139 Å². The van der Waals surface area contributed by atoms with Crippen LogP contribution in [0.25, 0.3) is 0 Å². The summed E-state index contributed by atoms with van der Waals surface area (Å²) in [5, 5.41) is 4.10. The number of hydrogen-bond acceptors (Lipinski definition) is 5. The number of carbonyl (C=O) groups excluding carboxylic acids is 3. The third-order valence-corrected chi connectivity index (χ3v) is 3.82. The van der Waals surface area contributed by atoms with Gasteiger partial charge in [0.1, 0.15) is 22.2 Å². The fourth-order valence-corrected chi connectivity index (χ4v) is 2.57. The predicted octanol–water partition coefficient (Wildman–Crippen LogP) is 2.31. The van der Waals surface area contributed by atoms with Crippen LogP contribution >= 0.6 is 11.3 Å². The van der Waals surface area contributed by atoms with E-state index in [1.807, 2.05) is 0 Å². The molecule has 1 heterocycles. The highest BCUT2D eigenvalue weighted by Gasteiger charge is 2.25. The van der Waals surface area contributed by atoms with Gasteiger partial charge in [-0.25, -0.2) is 13.6 Å². The maximum atomic E-state index is 13.5. The maximum absolute atomic E-state index is 13.5. The van der Waals surface area contributed by atoms with E-state index in [0.717, 1.165) is 29.5 Å². The summed E-state index contributed by atoms with van der Waals surface area (Å²) in [6, 6.07) is 4.32. The smallest absolute Gasteiger partial charge is 0.344 e. The lowest BCUT2D eigenvalue weighted by atomic mass is 10.2. The molecule has 0 bridgehead atoms. The van der Waals surface area contributed by atoms with Crippen molar-refractivity contribution in [1.29, 1.82) is 0 Å². The van der Waals surface area contributed by atoms with Crippen molar-refractivity contribution in [2.24, 2.45) is 5.73 Å². The van der Waals surface area contributed by atoms with E-state index in [4.69, 9.17) is 10.5 Å². The Balaban J connectivity index is 2.07. The molecule has 1 aromatic carbocycles. The summed E-state index contributed by atoms with van der Waals surface area (Å²) < 4.78 is 31.8. The molecule has 0 saturated carbocycles. The summed E-state index contributed by atoms with van der Waals surface area (Å²) >= 11 is 1.05. The number of nitrogens with one attached hydrogen (secondary N) is 1. The molecule has 0 aliphatic heterocycles. The van der Waals surface area contributed by atoms with Gasteiger partial charge >= 0.3 is 5.97 Å². The van der Waals surface area contributed by atoms with Gasteiger partial charge in [-0.05, 0) is 30.5 Å². The third-order valence-electron chi connectivity index (χ3n) is 2.99.